The predicted octanol–water partition coefficient (Wildman–Crippen LogP) is 3.49. The Kier molecular flexibility index (Phi) is 3.26. The molecule has 1 aliphatic heterocycles. The van der Waals surface area contributed by atoms with Crippen LogP contribution < -0.4 is 5.73 Å². The maximum atomic E-state index is 6.27. The molecule has 2 heterocycles. The Morgan fingerprint density at radius 1 is 1.12 bits per heavy atom. The van der Waals surface area contributed by atoms with Crippen LogP contribution in [0.3, 0.4) is 0 Å². The van der Waals surface area contributed by atoms with E-state index in [-0.39, 0.29) is 6.17 Å². The maximum Gasteiger partial charge on any atom is 0.127 e. The fourth-order valence-electron chi connectivity index (χ4n) is 3.31. The third kappa shape index (κ3) is 2.06. The highest BCUT2D eigenvalue weighted by molar-refractivity contribution is 9.10. The highest BCUT2D eigenvalue weighted by Crippen LogP contribution is 2.37. The van der Waals surface area contributed by atoms with Gasteiger partial charge in [-0.05, 0) is 48.0 Å². The average molecular weight is 298 g/mol. The molecule has 0 spiro atoms. The Morgan fingerprint density at radius 2 is 1.88 bits per heavy atom. The van der Waals surface area contributed by atoms with E-state index in [1.807, 2.05) is 0 Å². The second-order valence-corrected chi connectivity index (χ2v) is 6.12. The summed E-state index contributed by atoms with van der Waals surface area (Å²) in [7, 11) is 0. The summed E-state index contributed by atoms with van der Waals surface area (Å²) in [6.07, 6.45) is 10.2. The Balaban J connectivity index is 1.98. The van der Waals surface area contributed by atoms with Gasteiger partial charge in [0.05, 0.1) is 11.9 Å². The van der Waals surface area contributed by atoms with Crippen LogP contribution in [0.5, 0.6) is 0 Å². The number of nitrogens with two attached hydrogens (primary N) is 1. The van der Waals surface area contributed by atoms with Gasteiger partial charge in [0.15, 0.2) is 0 Å². The molecule has 0 bridgehead atoms. The lowest BCUT2D eigenvalue weighted by Gasteiger charge is -2.28. The van der Waals surface area contributed by atoms with Crippen LogP contribution in [0.4, 0.5) is 0 Å². The number of fused-ring (bicyclic) bond motifs is 1. The van der Waals surface area contributed by atoms with Gasteiger partial charge in [0, 0.05) is 5.92 Å². The molecule has 1 saturated carbocycles. The SMILES string of the molecule is NC1CCCc2c(Br)nc(C3CCCCC3)n21. The molecule has 3 nitrogen and oxygen atoms in total. The van der Waals surface area contributed by atoms with Crippen molar-refractivity contribution in [3.63, 3.8) is 0 Å². The standard InChI is InChI=1S/C13H20BrN3/c14-12-10-7-4-8-11(15)17(10)13(16-12)9-5-2-1-3-6-9/h9,11H,1-8,15H2. The van der Waals surface area contributed by atoms with Gasteiger partial charge >= 0.3 is 0 Å². The maximum absolute atomic E-state index is 6.27. The third-order valence-corrected chi connectivity index (χ3v) is 4.84. The van der Waals surface area contributed by atoms with Crippen molar-refractivity contribution >= 4 is 15.9 Å². The van der Waals surface area contributed by atoms with Crippen molar-refractivity contribution < 1.29 is 0 Å². The summed E-state index contributed by atoms with van der Waals surface area (Å²) >= 11 is 3.61. The minimum absolute atomic E-state index is 0.148. The predicted molar refractivity (Wildman–Crippen MR) is 71.9 cm³/mol. The summed E-state index contributed by atoms with van der Waals surface area (Å²) in [5.74, 6) is 1.89. The fraction of sp³-hybridized carbons (Fsp3) is 0.769. The molecular formula is C13H20BrN3. The molecule has 1 aliphatic carbocycles. The molecular weight excluding hydrogens is 278 g/mol. The Bertz CT molecular complexity index is 407. The summed E-state index contributed by atoms with van der Waals surface area (Å²) in [6.45, 7) is 0. The van der Waals surface area contributed by atoms with E-state index in [1.54, 1.807) is 0 Å². The van der Waals surface area contributed by atoms with Gasteiger partial charge in [0.2, 0.25) is 0 Å². The number of rotatable bonds is 1. The molecule has 1 atom stereocenters. The van der Waals surface area contributed by atoms with Gasteiger partial charge in [0.1, 0.15) is 10.4 Å². The summed E-state index contributed by atoms with van der Waals surface area (Å²) < 4.78 is 3.36. The molecule has 0 saturated heterocycles. The van der Waals surface area contributed by atoms with Gasteiger partial charge in [-0.15, -0.1) is 0 Å². The van der Waals surface area contributed by atoms with Crippen molar-refractivity contribution in [2.75, 3.05) is 0 Å². The minimum Gasteiger partial charge on any atom is -0.315 e. The van der Waals surface area contributed by atoms with Crippen LogP contribution in [0.2, 0.25) is 0 Å². The molecule has 1 unspecified atom stereocenters. The van der Waals surface area contributed by atoms with Crippen molar-refractivity contribution in [2.45, 2.75) is 63.5 Å². The number of nitrogens with zero attached hydrogens (tertiary/aromatic N) is 2. The molecule has 2 N–H and O–H groups in total. The van der Waals surface area contributed by atoms with E-state index in [4.69, 9.17) is 10.7 Å². The monoisotopic (exact) mass is 297 g/mol. The van der Waals surface area contributed by atoms with E-state index >= 15 is 0 Å². The molecule has 1 aromatic rings. The quantitative estimate of drug-likeness (QED) is 0.862. The largest absolute Gasteiger partial charge is 0.315 e. The summed E-state index contributed by atoms with van der Waals surface area (Å²) in [5.41, 5.74) is 7.59. The van der Waals surface area contributed by atoms with Crippen molar-refractivity contribution in [1.82, 2.24) is 9.55 Å². The van der Waals surface area contributed by atoms with Gasteiger partial charge in [-0.3, -0.25) is 0 Å². The van der Waals surface area contributed by atoms with Gasteiger partial charge in [-0.2, -0.15) is 0 Å². The lowest BCUT2D eigenvalue weighted by atomic mass is 9.88. The van der Waals surface area contributed by atoms with Crippen molar-refractivity contribution in [3.05, 3.63) is 16.1 Å². The molecule has 94 valence electrons. The molecule has 0 amide bonds. The number of halogens is 1. The molecule has 3 rings (SSSR count). The zero-order chi connectivity index (χ0) is 11.8. The first-order valence-corrected chi connectivity index (χ1v) is 7.58. The first-order valence-electron chi connectivity index (χ1n) is 6.79. The molecule has 1 aromatic heterocycles. The lowest BCUT2D eigenvalue weighted by molar-refractivity contribution is 0.361. The molecule has 0 aromatic carbocycles. The van der Waals surface area contributed by atoms with Gasteiger partial charge in [-0.1, -0.05) is 19.3 Å². The Labute approximate surface area is 111 Å². The Hall–Kier alpha value is -0.350. The van der Waals surface area contributed by atoms with E-state index in [1.165, 1.54) is 50.0 Å². The first kappa shape index (κ1) is 11.7. The second-order valence-electron chi connectivity index (χ2n) is 5.37. The number of hydrogen-bond donors (Lipinski definition) is 1. The zero-order valence-corrected chi connectivity index (χ0v) is 11.7. The summed E-state index contributed by atoms with van der Waals surface area (Å²) in [6, 6.07) is 0. The van der Waals surface area contributed by atoms with Crippen molar-refractivity contribution in [3.8, 4) is 0 Å². The van der Waals surface area contributed by atoms with Gasteiger partial charge in [-0.25, -0.2) is 4.98 Å². The van der Waals surface area contributed by atoms with E-state index in [9.17, 15) is 0 Å². The topological polar surface area (TPSA) is 43.8 Å². The van der Waals surface area contributed by atoms with Crippen molar-refractivity contribution in [2.24, 2.45) is 5.73 Å². The van der Waals surface area contributed by atoms with Crippen LogP contribution in [-0.4, -0.2) is 9.55 Å². The number of hydrogen-bond acceptors (Lipinski definition) is 2. The van der Waals surface area contributed by atoms with E-state index in [0.29, 0.717) is 5.92 Å². The first-order chi connectivity index (χ1) is 8.27. The van der Waals surface area contributed by atoms with Crippen LogP contribution in [-0.2, 0) is 6.42 Å². The van der Waals surface area contributed by atoms with E-state index in [2.05, 4.69) is 20.5 Å². The number of aromatic nitrogens is 2. The molecule has 0 radical (unpaired) electrons. The molecule has 17 heavy (non-hydrogen) atoms. The van der Waals surface area contributed by atoms with E-state index < -0.39 is 0 Å². The highest BCUT2D eigenvalue weighted by atomic mass is 79.9. The Morgan fingerprint density at radius 3 is 2.65 bits per heavy atom. The van der Waals surface area contributed by atoms with Crippen LogP contribution in [0.1, 0.15) is 68.5 Å². The van der Waals surface area contributed by atoms with Gasteiger partial charge < -0.3 is 10.3 Å². The average Bonchev–Trinajstić information content (AvgIpc) is 2.70. The van der Waals surface area contributed by atoms with E-state index in [0.717, 1.165) is 17.4 Å². The molecule has 1 fully saturated rings. The smallest absolute Gasteiger partial charge is 0.127 e. The normalized spacial score (nSPS) is 25.9. The lowest BCUT2D eigenvalue weighted by Crippen LogP contribution is -2.27. The molecule has 4 heteroatoms. The second kappa shape index (κ2) is 4.73. The van der Waals surface area contributed by atoms with Crippen LogP contribution in [0, 0.1) is 0 Å². The highest BCUT2D eigenvalue weighted by Gasteiger charge is 2.28. The summed E-state index contributed by atoms with van der Waals surface area (Å²) in [4.78, 5) is 4.77. The summed E-state index contributed by atoms with van der Waals surface area (Å²) in [5, 5.41) is 0. The zero-order valence-electron chi connectivity index (χ0n) is 10.2. The van der Waals surface area contributed by atoms with Crippen LogP contribution >= 0.6 is 15.9 Å². The van der Waals surface area contributed by atoms with Crippen molar-refractivity contribution in [1.29, 1.82) is 0 Å². The fourth-order valence-corrected chi connectivity index (χ4v) is 3.88. The van der Waals surface area contributed by atoms with Crippen LogP contribution in [0.25, 0.3) is 0 Å². The minimum atomic E-state index is 0.148. The third-order valence-electron chi connectivity index (χ3n) is 4.20. The van der Waals surface area contributed by atoms with Gasteiger partial charge in [0.25, 0.3) is 0 Å². The molecule has 2 aliphatic rings. The number of imidazole rings is 1. The van der Waals surface area contributed by atoms with Crippen LogP contribution in [0.15, 0.2) is 4.60 Å².